The van der Waals surface area contributed by atoms with Crippen LogP contribution in [0.3, 0.4) is 0 Å². The molecule has 0 atom stereocenters. The Balaban J connectivity index is 1.78. The number of nitrogens with one attached hydrogen (secondary N) is 2. The van der Waals surface area contributed by atoms with Gasteiger partial charge in [0.1, 0.15) is 0 Å². The number of rotatable bonds is 5. The summed E-state index contributed by atoms with van der Waals surface area (Å²) in [6, 6.07) is 14.3. The molecule has 3 rings (SSSR count). The molecule has 3 aromatic rings. The molecule has 3 aromatic carbocycles. The van der Waals surface area contributed by atoms with Gasteiger partial charge in [-0.15, -0.1) is 0 Å². The maximum Gasteiger partial charge on any atom is 0.262 e. The first kappa shape index (κ1) is 18.8. The molecule has 0 radical (unpaired) electrons. The highest BCUT2D eigenvalue weighted by atomic mass is 32.2. The molecular weight excluding hydrogens is 377 g/mol. The molecule has 27 heavy (non-hydrogen) atoms. The van der Waals surface area contributed by atoms with E-state index in [9.17, 15) is 21.6 Å². The Bertz CT molecular complexity index is 1080. The van der Waals surface area contributed by atoms with Crippen LogP contribution in [0.5, 0.6) is 0 Å². The normalized spacial score (nSPS) is 11.3. The molecule has 0 aliphatic carbocycles. The van der Waals surface area contributed by atoms with E-state index in [1.165, 1.54) is 30.3 Å². The van der Waals surface area contributed by atoms with Gasteiger partial charge in [0.2, 0.25) is 0 Å². The van der Waals surface area contributed by atoms with Crippen molar-refractivity contribution in [3.63, 3.8) is 0 Å². The molecule has 0 aromatic heterocycles. The van der Waals surface area contributed by atoms with Gasteiger partial charge in [0, 0.05) is 11.4 Å². The van der Waals surface area contributed by atoms with E-state index < -0.39 is 27.5 Å². The first-order valence-corrected chi connectivity index (χ1v) is 9.35. The van der Waals surface area contributed by atoms with Crippen molar-refractivity contribution >= 4 is 27.1 Å². The Morgan fingerprint density at radius 2 is 1.41 bits per heavy atom. The van der Waals surface area contributed by atoms with E-state index in [-0.39, 0.29) is 10.6 Å². The summed E-state index contributed by atoms with van der Waals surface area (Å²) >= 11 is 0. The van der Waals surface area contributed by atoms with Gasteiger partial charge in [0.15, 0.2) is 17.5 Å². The molecule has 0 aliphatic heterocycles. The zero-order valence-electron chi connectivity index (χ0n) is 14.1. The largest absolute Gasteiger partial charge is 0.353 e. The third kappa shape index (κ3) is 4.06. The van der Waals surface area contributed by atoms with Gasteiger partial charge in [-0.05, 0) is 55.0 Å². The fraction of sp³-hybridized carbons (Fsp3) is 0.0526. The molecule has 0 fully saturated rings. The monoisotopic (exact) mass is 392 g/mol. The van der Waals surface area contributed by atoms with Crippen molar-refractivity contribution in [1.29, 1.82) is 0 Å². The molecule has 4 nitrogen and oxygen atoms in total. The minimum Gasteiger partial charge on any atom is -0.353 e. The molecule has 2 N–H and O–H groups in total. The molecule has 0 spiro atoms. The lowest BCUT2D eigenvalue weighted by Crippen LogP contribution is -2.14. The number of anilines is 3. The van der Waals surface area contributed by atoms with Crippen LogP contribution in [-0.2, 0) is 10.0 Å². The molecule has 140 valence electrons. The van der Waals surface area contributed by atoms with Crippen molar-refractivity contribution < 1.29 is 21.6 Å². The van der Waals surface area contributed by atoms with Crippen LogP contribution in [0.4, 0.5) is 30.2 Å². The van der Waals surface area contributed by atoms with E-state index in [1.54, 1.807) is 25.1 Å². The topological polar surface area (TPSA) is 58.2 Å². The van der Waals surface area contributed by atoms with Gasteiger partial charge >= 0.3 is 0 Å². The Morgan fingerprint density at radius 1 is 0.778 bits per heavy atom. The fourth-order valence-electron chi connectivity index (χ4n) is 2.47. The van der Waals surface area contributed by atoms with E-state index in [1.807, 2.05) is 0 Å². The molecule has 8 heteroatoms. The average molecular weight is 392 g/mol. The van der Waals surface area contributed by atoms with Crippen LogP contribution >= 0.6 is 0 Å². The van der Waals surface area contributed by atoms with E-state index in [2.05, 4.69) is 10.0 Å². The van der Waals surface area contributed by atoms with E-state index in [0.717, 1.165) is 12.1 Å². The van der Waals surface area contributed by atoms with Crippen LogP contribution in [0.1, 0.15) is 5.56 Å². The third-order valence-electron chi connectivity index (χ3n) is 3.83. The zero-order valence-corrected chi connectivity index (χ0v) is 14.9. The Morgan fingerprint density at radius 3 is 2.07 bits per heavy atom. The number of aryl methyl sites for hydroxylation is 1. The average Bonchev–Trinajstić information content (AvgIpc) is 2.64. The van der Waals surface area contributed by atoms with Crippen LogP contribution in [0.15, 0.2) is 65.6 Å². The summed E-state index contributed by atoms with van der Waals surface area (Å²) in [5.74, 6) is -4.18. The summed E-state index contributed by atoms with van der Waals surface area (Å²) in [5, 5.41) is 2.61. The number of sulfonamides is 1. The first-order valence-electron chi connectivity index (χ1n) is 7.87. The van der Waals surface area contributed by atoms with Crippen molar-refractivity contribution in [2.24, 2.45) is 0 Å². The van der Waals surface area contributed by atoms with Gasteiger partial charge in [-0.25, -0.2) is 21.6 Å². The van der Waals surface area contributed by atoms with Gasteiger partial charge in [-0.2, -0.15) is 0 Å². The van der Waals surface area contributed by atoms with Gasteiger partial charge in [0.25, 0.3) is 10.0 Å². The lowest BCUT2D eigenvalue weighted by atomic mass is 10.2. The SMILES string of the molecule is Cc1ccccc1S(=O)(=O)Nc1ccc(Nc2ccc(F)c(F)c2F)cc1. The van der Waals surface area contributed by atoms with Crippen LogP contribution < -0.4 is 10.0 Å². The Labute approximate surface area is 154 Å². The van der Waals surface area contributed by atoms with Crippen molar-refractivity contribution in [2.45, 2.75) is 11.8 Å². The fourth-order valence-corrected chi connectivity index (χ4v) is 3.77. The highest BCUT2D eigenvalue weighted by Gasteiger charge is 2.17. The number of hydrogen-bond acceptors (Lipinski definition) is 3. The molecule has 0 bridgehead atoms. The first-order chi connectivity index (χ1) is 12.8. The highest BCUT2D eigenvalue weighted by molar-refractivity contribution is 7.92. The quantitative estimate of drug-likeness (QED) is 0.604. The van der Waals surface area contributed by atoms with E-state index >= 15 is 0 Å². The van der Waals surface area contributed by atoms with Gasteiger partial charge in [-0.3, -0.25) is 4.72 Å². The van der Waals surface area contributed by atoms with Crippen LogP contribution in [-0.4, -0.2) is 8.42 Å². The number of halogens is 3. The summed E-state index contributed by atoms with van der Waals surface area (Å²) in [4.78, 5) is 0.163. The van der Waals surface area contributed by atoms with Crippen LogP contribution in [0.25, 0.3) is 0 Å². The lowest BCUT2D eigenvalue weighted by molar-refractivity contribution is 0.449. The van der Waals surface area contributed by atoms with Crippen molar-refractivity contribution in [1.82, 2.24) is 0 Å². The summed E-state index contributed by atoms with van der Waals surface area (Å²) in [6.07, 6.45) is 0. The summed E-state index contributed by atoms with van der Waals surface area (Å²) in [7, 11) is -3.75. The molecule has 0 amide bonds. The van der Waals surface area contributed by atoms with E-state index in [0.29, 0.717) is 16.9 Å². The lowest BCUT2D eigenvalue weighted by Gasteiger charge is -2.12. The van der Waals surface area contributed by atoms with E-state index in [4.69, 9.17) is 0 Å². The molecule has 0 heterocycles. The summed E-state index contributed by atoms with van der Waals surface area (Å²) in [5.41, 5.74) is 1.05. The van der Waals surface area contributed by atoms with Crippen LogP contribution in [0.2, 0.25) is 0 Å². The predicted octanol–water partition coefficient (Wildman–Crippen LogP) is 4.96. The second-order valence-corrected chi connectivity index (χ2v) is 7.45. The molecule has 0 aliphatic rings. The minimum absolute atomic E-state index is 0.163. The highest BCUT2D eigenvalue weighted by Crippen LogP contribution is 2.25. The minimum atomic E-state index is -3.75. The number of benzene rings is 3. The van der Waals surface area contributed by atoms with Crippen molar-refractivity contribution in [2.75, 3.05) is 10.0 Å². The number of hydrogen-bond donors (Lipinski definition) is 2. The Kier molecular flexibility index (Phi) is 5.09. The summed E-state index contributed by atoms with van der Waals surface area (Å²) in [6.45, 7) is 1.69. The van der Waals surface area contributed by atoms with Gasteiger partial charge in [0.05, 0.1) is 10.6 Å². The second kappa shape index (κ2) is 7.32. The Hall–Kier alpha value is -3.00. The standard InChI is InChI=1S/C19H15F3N2O2S/c1-12-4-2-3-5-17(12)27(25,26)24-14-8-6-13(7-9-14)23-16-11-10-15(20)18(21)19(16)22/h2-11,23-24H,1H3. The van der Waals surface area contributed by atoms with Gasteiger partial charge < -0.3 is 5.32 Å². The zero-order chi connectivity index (χ0) is 19.6. The van der Waals surface area contributed by atoms with Gasteiger partial charge in [-0.1, -0.05) is 18.2 Å². The molecular formula is C19H15F3N2O2S. The van der Waals surface area contributed by atoms with Crippen molar-refractivity contribution in [3.05, 3.63) is 83.7 Å². The third-order valence-corrected chi connectivity index (χ3v) is 5.38. The van der Waals surface area contributed by atoms with Crippen molar-refractivity contribution in [3.8, 4) is 0 Å². The second-order valence-electron chi connectivity index (χ2n) is 5.80. The molecule has 0 saturated heterocycles. The molecule has 0 saturated carbocycles. The summed E-state index contributed by atoms with van der Waals surface area (Å²) < 4.78 is 67.3. The maximum absolute atomic E-state index is 13.7. The van der Waals surface area contributed by atoms with Crippen LogP contribution in [0, 0.1) is 24.4 Å². The molecule has 0 unspecified atom stereocenters. The predicted molar refractivity (Wildman–Crippen MR) is 98.0 cm³/mol. The smallest absolute Gasteiger partial charge is 0.262 e. The maximum atomic E-state index is 13.7.